The average Bonchev–Trinajstić information content (AvgIpc) is 3.23. The molecule has 2 aliphatic heterocycles. The van der Waals surface area contributed by atoms with E-state index in [9.17, 15) is 4.79 Å². The molecule has 1 amide bonds. The van der Waals surface area contributed by atoms with Crippen molar-refractivity contribution >= 4 is 16.7 Å². The Morgan fingerprint density at radius 3 is 2.39 bits per heavy atom. The third-order valence-corrected chi connectivity index (χ3v) is 5.91. The molecule has 0 N–H and O–H groups in total. The summed E-state index contributed by atoms with van der Waals surface area (Å²) in [5, 5.41) is 2.23. The van der Waals surface area contributed by atoms with E-state index >= 15 is 0 Å². The van der Waals surface area contributed by atoms with Gasteiger partial charge in [-0.15, -0.1) is 0 Å². The number of amides is 1. The number of carbonyl (C=O) groups is 1. The summed E-state index contributed by atoms with van der Waals surface area (Å²) in [5.41, 5.74) is 0.792. The number of hydrogen-bond acceptors (Lipinski definition) is 3. The van der Waals surface area contributed by atoms with E-state index in [-0.39, 0.29) is 5.91 Å². The van der Waals surface area contributed by atoms with Gasteiger partial charge < -0.3 is 14.5 Å². The summed E-state index contributed by atoms with van der Waals surface area (Å²) in [6.07, 6.45) is 4.73. The predicted octanol–water partition coefficient (Wildman–Crippen LogP) is 4.58. The molecule has 28 heavy (non-hydrogen) atoms. The maximum Gasteiger partial charge on any atom is 0.253 e. The van der Waals surface area contributed by atoms with Crippen molar-refractivity contribution in [1.29, 1.82) is 0 Å². The quantitative estimate of drug-likeness (QED) is 0.761. The minimum absolute atomic E-state index is 0.160. The van der Waals surface area contributed by atoms with Crippen LogP contribution >= 0.6 is 0 Å². The van der Waals surface area contributed by atoms with Crippen molar-refractivity contribution in [2.75, 3.05) is 32.7 Å². The highest BCUT2D eigenvalue weighted by Gasteiger charge is 2.22. The lowest BCUT2D eigenvalue weighted by atomic mass is 10.0. The molecule has 4 nitrogen and oxygen atoms in total. The largest absolute Gasteiger partial charge is 0.490 e. The summed E-state index contributed by atoms with van der Waals surface area (Å²) >= 11 is 0. The molecule has 0 saturated carbocycles. The van der Waals surface area contributed by atoms with Gasteiger partial charge in [-0.3, -0.25) is 4.79 Å². The Labute approximate surface area is 168 Å². The predicted molar refractivity (Wildman–Crippen MR) is 114 cm³/mol. The molecule has 2 fully saturated rings. The number of rotatable bonds is 5. The van der Waals surface area contributed by atoms with Crippen LogP contribution in [-0.4, -0.2) is 54.5 Å². The zero-order valence-electron chi connectivity index (χ0n) is 17.2. The van der Waals surface area contributed by atoms with Crippen LogP contribution in [0.3, 0.4) is 0 Å². The monoisotopic (exact) mass is 380 g/mol. The fourth-order valence-corrected chi connectivity index (χ4v) is 4.45. The van der Waals surface area contributed by atoms with Gasteiger partial charge >= 0.3 is 0 Å². The Kier molecular flexibility index (Phi) is 5.86. The Hall–Kier alpha value is -2.07. The summed E-state index contributed by atoms with van der Waals surface area (Å²) in [5.74, 6) is 1.82. The molecular formula is C24H32N2O2. The van der Waals surface area contributed by atoms with E-state index in [0.717, 1.165) is 79.9 Å². The zero-order chi connectivity index (χ0) is 19.5. The molecule has 2 aromatic carbocycles. The van der Waals surface area contributed by atoms with Crippen LogP contribution in [0.4, 0.5) is 0 Å². The lowest BCUT2D eigenvalue weighted by molar-refractivity contribution is 0.0793. The fraction of sp³-hybridized carbons (Fsp3) is 0.542. The van der Waals surface area contributed by atoms with Crippen molar-refractivity contribution in [3.8, 4) is 5.75 Å². The Balaban J connectivity index is 1.40. The van der Waals surface area contributed by atoms with Gasteiger partial charge in [0, 0.05) is 38.3 Å². The van der Waals surface area contributed by atoms with Crippen LogP contribution in [0.25, 0.3) is 10.8 Å². The zero-order valence-corrected chi connectivity index (χ0v) is 17.2. The van der Waals surface area contributed by atoms with Gasteiger partial charge in [-0.25, -0.2) is 0 Å². The van der Waals surface area contributed by atoms with Crippen LogP contribution in [0.5, 0.6) is 5.75 Å². The summed E-state index contributed by atoms with van der Waals surface area (Å²) in [4.78, 5) is 17.1. The van der Waals surface area contributed by atoms with Crippen LogP contribution in [-0.2, 0) is 0 Å². The number of likely N-dealkylation sites (tertiary alicyclic amines) is 2. The number of ether oxygens (including phenoxy) is 1. The number of benzene rings is 2. The molecule has 4 heteroatoms. The van der Waals surface area contributed by atoms with Gasteiger partial charge in [-0.2, -0.15) is 0 Å². The molecule has 2 saturated heterocycles. The van der Waals surface area contributed by atoms with E-state index in [4.69, 9.17) is 4.74 Å². The van der Waals surface area contributed by atoms with Gasteiger partial charge in [0.05, 0.1) is 0 Å². The van der Waals surface area contributed by atoms with E-state index in [1.807, 2.05) is 23.1 Å². The van der Waals surface area contributed by atoms with Gasteiger partial charge in [0.1, 0.15) is 11.9 Å². The molecule has 0 radical (unpaired) electrons. The Morgan fingerprint density at radius 1 is 1.00 bits per heavy atom. The molecule has 0 bridgehead atoms. The molecule has 0 atom stereocenters. The molecule has 0 unspecified atom stereocenters. The van der Waals surface area contributed by atoms with Crippen LogP contribution in [0.2, 0.25) is 0 Å². The van der Waals surface area contributed by atoms with Crippen molar-refractivity contribution in [2.24, 2.45) is 5.92 Å². The fourth-order valence-electron chi connectivity index (χ4n) is 4.45. The second-order valence-electron chi connectivity index (χ2n) is 8.73. The SMILES string of the molecule is CC(C)CN1CCC(Oc2ccc3cc(C(=O)N4CCCC4)ccc3c2)CC1. The second-order valence-corrected chi connectivity index (χ2v) is 8.73. The molecule has 4 rings (SSSR count). The lowest BCUT2D eigenvalue weighted by Gasteiger charge is -2.33. The lowest BCUT2D eigenvalue weighted by Crippen LogP contribution is -2.39. The first-order valence-corrected chi connectivity index (χ1v) is 10.8. The minimum atomic E-state index is 0.160. The molecular weight excluding hydrogens is 348 g/mol. The highest BCUT2D eigenvalue weighted by molar-refractivity contribution is 5.98. The summed E-state index contributed by atoms with van der Waals surface area (Å²) < 4.78 is 6.27. The van der Waals surface area contributed by atoms with E-state index in [0.29, 0.717) is 6.10 Å². The third kappa shape index (κ3) is 4.49. The topological polar surface area (TPSA) is 32.8 Å². The third-order valence-electron chi connectivity index (χ3n) is 5.91. The van der Waals surface area contributed by atoms with Crippen LogP contribution in [0.15, 0.2) is 36.4 Å². The first-order valence-electron chi connectivity index (χ1n) is 10.8. The smallest absolute Gasteiger partial charge is 0.253 e. The van der Waals surface area contributed by atoms with Crippen molar-refractivity contribution in [1.82, 2.24) is 9.80 Å². The molecule has 2 aliphatic rings. The number of fused-ring (bicyclic) bond motifs is 1. The Morgan fingerprint density at radius 2 is 1.68 bits per heavy atom. The Bertz CT molecular complexity index is 818. The number of nitrogens with zero attached hydrogens (tertiary/aromatic N) is 2. The number of carbonyl (C=O) groups excluding carboxylic acids is 1. The standard InChI is InChI=1S/C24H32N2O2/c1-18(2)17-25-13-9-22(10-14-25)28-23-8-7-19-15-21(6-5-20(19)16-23)24(27)26-11-3-4-12-26/h5-8,15-16,18,22H,3-4,9-14,17H2,1-2H3. The van der Waals surface area contributed by atoms with Crippen LogP contribution in [0, 0.1) is 5.92 Å². The first kappa shape index (κ1) is 19.3. The molecule has 0 spiro atoms. The van der Waals surface area contributed by atoms with Crippen LogP contribution < -0.4 is 4.74 Å². The minimum Gasteiger partial charge on any atom is -0.490 e. The normalized spacial score (nSPS) is 18.9. The van der Waals surface area contributed by atoms with Crippen molar-refractivity contribution in [3.63, 3.8) is 0 Å². The van der Waals surface area contributed by atoms with Crippen molar-refractivity contribution in [2.45, 2.75) is 45.6 Å². The highest BCUT2D eigenvalue weighted by Crippen LogP contribution is 2.26. The van der Waals surface area contributed by atoms with E-state index < -0.39 is 0 Å². The highest BCUT2D eigenvalue weighted by atomic mass is 16.5. The van der Waals surface area contributed by atoms with Gasteiger partial charge in [0.25, 0.3) is 5.91 Å². The molecule has 0 aromatic heterocycles. The van der Waals surface area contributed by atoms with Gasteiger partial charge in [0.2, 0.25) is 0 Å². The van der Waals surface area contributed by atoms with Gasteiger partial charge in [-0.1, -0.05) is 26.0 Å². The van der Waals surface area contributed by atoms with Crippen LogP contribution in [0.1, 0.15) is 49.9 Å². The van der Waals surface area contributed by atoms with Crippen molar-refractivity contribution < 1.29 is 9.53 Å². The number of piperidine rings is 1. The van der Waals surface area contributed by atoms with E-state index in [1.54, 1.807) is 0 Å². The molecule has 0 aliphatic carbocycles. The summed E-state index contributed by atoms with van der Waals surface area (Å²) in [6, 6.07) is 12.3. The van der Waals surface area contributed by atoms with E-state index in [1.165, 1.54) is 6.54 Å². The first-order chi connectivity index (χ1) is 13.6. The second kappa shape index (κ2) is 8.52. The summed E-state index contributed by atoms with van der Waals surface area (Å²) in [6.45, 7) is 9.76. The molecule has 2 aromatic rings. The van der Waals surface area contributed by atoms with E-state index in [2.05, 4.69) is 36.9 Å². The van der Waals surface area contributed by atoms with Gasteiger partial charge in [-0.05, 0) is 66.6 Å². The maximum absolute atomic E-state index is 12.6. The summed E-state index contributed by atoms with van der Waals surface area (Å²) in [7, 11) is 0. The molecule has 2 heterocycles. The number of hydrogen-bond donors (Lipinski definition) is 0. The average molecular weight is 381 g/mol. The maximum atomic E-state index is 12.6. The van der Waals surface area contributed by atoms with Crippen molar-refractivity contribution in [3.05, 3.63) is 42.0 Å². The molecule has 150 valence electrons. The van der Waals surface area contributed by atoms with Gasteiger partial charge in [0.15, 0.2) is 0 Å².